The molecular weight excluding hydrogens is 346 g/mol. The number of ether oxygens (including phenoxy) is 1. The minimum Gasteiger partial charge on any atom is -0.444 e. The Balaban J connectivity index is 1.57. The zero-order chi connectivity index (χ0) is 19.3. The van der Waals surface area contributed by atoms with Crippen LogP contribution in [0, 0.1) is 0 Å². The number of hydrogen-bond donors (Lipinski definition) is 1. The van der Waals surface area contributed by atoms with E-state index in [0.717, 1.165) is 12.4 Å². The maximum Gasteiger partial charge on any atom is 0.408 e. The van der Waals surface area contributed by atoms with Crippen molar-refractivity contribution in [1.29, 1.82) is 0 Å². The van der Waals surface area contributed by atoms with Gasteiger partial charge in [0.15, 0.2) is 0 Å². The lowest BCUT2D eigenvalue weighted by atomic mass is 9.43. The molecule has 0 aliphatic heterocycles. The minimum atomic E-state index is -2.72. The Bertz CT molecular complexity index is 711. The van der Waals surface area contributed by atoms with Gasteiger partial charge in [0.2, 0.25) is 0 Å². The number of alkyl halides is 2. The monoisotopic (exact) mass is 368 g/mol. The molecule has 1 heterocycles. The van der Waals surface area contributed by atoms with Gasteiger partial charge < -0.3 is 15.0 Å². The molecule has 3 aliphatic rings. The zero-order valence-electron chi connectivity index (χ0n) is 15.2. The molecular formula is C17H22F2N4O3. The molecule has 4 rings (SSSR count). The van der Waals surface area contributed by atoms with Crippen molar-refractivity contribution >= 4 is 12.0 Å². The van der Waals surface area contributed by atoms with Gasteiger partial charge in [-0.15, -0.1) is 0 Å². The van der Waals surface area contributed by atoms with Crippen LogP contribution in [0.25, 0.3) is 0 Å². The van der Waals surface area contributed by atoms with Crippen LogP contribution in [-0.4, -0.2) is 50.6 Å². The van der Waals surface area contributed by atoms with Gasteiger partial charge in [-0.3, -0.25) is 9.78 Å². The van der Waals surface area contributed by atoms with Gasteiger partial charge in [-0.1, -0.05) is 0 Å². The third kappa shape index (κ3) is 3.22. The standard InChI is InChI=1S/C17H22F2N4O3/c1-15(2,3)26-14(25)22-16-7-17(8-16,9-16)23(4)13(24)11-6-20-10(5-21-11)12(18)19/h5-6,12H,7-9H2,1-4H3,(H,22,25). The molecule has 0 saturated heterocycles. The lowest BCUT2D eigenvalue weighted by molar-refractivity contribution is -0.152. The molecule has 3 saturated carbocycles. The van der Waals surface area contributed by atoms with Crippen LogP contribution < -0.4 is 5.32 Å². The number of nitrogens with one attached hydrogen (secondary N) is 1. The van der Waals surface area contributed by atoms with Crippen LogP contribution in [0.2, 0.25) is 0 Å². The molecule has 0 aromatic carbocycles. The van der Waals surface area contributed by atoms with E-state index in [9.17, 15) is 18.4 Å². The van der Waals surface area contributed by atoms with E-state index in [4.69, 9.17) is 4.74 Å². The van der Waals surface area contributed by atoms with Crippen molar-refractivity contribution in [2.75, 3.05) is 7.05 Å². The maximum atomic E-state index is 12.5. The summed E-state index contributed by atoms with van der Waals surface area (Å²) >= 11 is 0. The van der Waals surface area contributed by atoms with E-state index in [0.29, 0.717) is 19.3 Å². The number of carbonyl (C=O) groups excluding carboxylic acids is 2. The molecule has 3 fully saturated rings. The molecule has 0 spiro atoms. The van der Waals surface area contributed by atoms with Crippen molar-refractivity contribution < 1.29 is 23.1 Å². The van der Waals surface area contributed by atoms with E-state index >= 15 is 0 Å². The van der Waals surface area contributed by atoms with Gasteiger partial charge in [-0.05, 0) is 40.0 Å². The van der Waals surface area contributed by atoms with Crippen molar-refractivity contribution in [3.8, 4) is 0 Å². The van der Waals surface area contributed by atoms with Gasteiger partial charge in [0.25, 0.3) is 12.3 Å². The molecule has 1 N–H and O–H groups in total. The first-order valence-corrected chi connectivity index (χ1v) is 8.35. The molecule has 26 heavy (non-hydrogen) atoms. The van der Waals surface area contributed by atoms with Gasteiger partial charge in [0.05, 0.1) is 17.9 Å². The fraction of sp³-hybridized carbons (Fsp3) is 0.647. The fourth-order valence-electron chi connectivity index (χ4n) is 3.69. The predicted molar refractivity (Wildman–Crippen MR) is 87.8 cm³/mol. The van der Waals surface area contributed by atoms with E-state index in [-0.39, 0.29) is 22.7 Å². The number of hydrogen-bond acceptors (Lipinski definition) is 5. The molecule has 9 heteroatoms. The number of halogens is 2. The van der Waals surface area contributed by atoms with Crippen LogP contribution >= 0.6 is 0 Å². The highest BCUT2D eigenvalue weighted by Crippen LogP contribution is 2.63. The highest BCUT2D eigenvalue weighted by atomic mass is 19.3. The Labute approximate surface area is 150 Å². The summed E-state index contributed by atoms with van der Waals surface area (Å²) in [6.07, 6.45) is 0.687. The van der Waals surface area contributed by atoms with Crippen molar-refractivity contribution in [3.63, 3.8) is 0 Å². The van der Waals surface area contributed by atoms with Gasteiger partial charge >= 0.3 is 6.09 Å². The molecule has 1 aromatic heterocycles. The number of nitrogens with zero attached hydrogens (tertiary/aromatic N) is 3. The average molecular weight is 368 g/mol. The molecule has 0 atom stereocenters. The summed E-state index contributed by atoms with van der Waals surface area (Å²) in [6, 6.07) is 0. The Morgan fingerprint density at radius 2 is 1.85 bits per heavy atom. The second-order valence-corrected chi connectivity index (χ2v) is 8.15. The van der Waals surface area contributed by atoms with E-state index < -0.39 is 23.8 Å². The van der Waals surface area contributed by atoms with Crippen LogP contribution in [0.15, 0.2) is 12.4 Å². The SMILES string of the molecule is CN(C(=O)c1cnc(C(F)F)cn1)C12CC(NC(=O)OC(C)(C)C)(C1)C2. The van der Waals surface area contributed by atoms with Gasteiger partial charge in [-0.25, -0.2) is 18.6 Å². The van der Waals surface area contributed by atoms with Crippen LogP contribution in [0.3, 0.4) is 0 Å². The van der Waals surface area contributed by atoms with Gasteiger partial charge in [0.1, 0.15) is 17.0 Å². The number of aromatic nitrogens is 2. The molecule has 7 nitrogen and oxygen atoms in total. The zero-order valence-corrected chi connectivity index (χ0v) is 15.2. The smallest absolute Gasteiger partial charge is 0.408 e. The normalized spacial score (nSPS) is 26.6. The van der Waals surface area contributed by atoms with E-state index in [1.54, 1.807) is 32.7 Å². The summed E-state index contributed by atoms with van der Waals surface area (Å²) in [5.74, 6) is -0.371. The summed E-state index contributed by atoms with van der Waals surface area (Å²) < 4.78 is 30.3. The molecule has 2 bridgehead atoms. The molecule has 0 unspecified atom stereocenters. The number of rotatable bonds is 4. The first-order valence-electron chi connectivity index (χ1n) is 8.35. The Kier molecular flexibility index (Phi) is 4.16. The number of carbonyl (C=O) groups is 2. The highest BCUT2D eigenvalue weighted by Gasteiger charge is 2.71. The largest absolute Gasteiger partial charge is 0.444 e. The Morgan fingerprint density at radius 1 is 1.23 bits per heavy atom. The summed E-state index contributed by atoms with van der Waals surface area (Å²) in [5, 5.41) is 2.88. The van der Waals surface area contributed by atoms with E-state index in [1.165, 1.54) is 0 Å². The summed E-state index contributed by atoms with van der Waals surface area (Å²) in [7, 11) is 1.65. The second kappa shape index (κ2) is 5.85. The molecule has 1 aromatic rings. The summed E-state index contributed by atoms with van der Waals surface area (Å²) in [6.45, 7) is 5.38. The van der Waals surface area contributed by atoms with Crippen LogP contribution in [0.5, 0.6) is 0 Å². The van der Waals surface area contributed by atoms with Gasteiger partial charge in [0, 0.05) is 12.6 Å². The fourth-order valence-corrected chi connectivity index (χ4v) is 3.69. The lowest BCUT2D eigenvalue weighted by Gasteiger charge is -2.72. The molecule has 3 aliphatic carbocycles. The Hall–Kier alpha value is -2.32. The minimum absolute atomic E-state index is 0.0239. The number of amides is 2. The van der Waals surface area contributed by atoms with Crippen molar-refractivity contribution in [1.82, 2.24) is 20.2 Å². The van der Waals surface area contributed by atoms with Crippen LogP contribution in [0.1, 0.15) is 62.6 Å². The second-order valence-electron chi connectivity index (χ2n) is 8.15. The van der Waals surface area contributed by atoms with Crippen molar-refractivity contribution in [2.45, 2.75) is 63.1 Å². The van der Waals surface area contributed by atoms with Gasteiger partial charge in [-0.2, -0.15) is 0 Å². The van der Waals surface area contributed by atoms with Crippen molar-refractivity contribution in [2.24, 2.45) is 0 Å². The molecule has 142 valence electrons. The third-order valence-electron chi connectivity index (χ3n) is 4.90. The summed E-state index contributed by atoms with van der Waals surface area (Å²) in [4.78, 5) is 33.4. The summed E-state index contributed by atoms with van der Waals surface area (Å²) in [5.41, 5.74) is -1.68. The third-order valence-corrected chi connectivity index (χ3v) is 4.90. The van der Waals surface area contributed by atoms with Crippen LogP contribution in [0.4, 0.5) is 13.6 Å². The Morgan fingerprint density at radius 3 is 2.31 bits per heavy atom. The van der Waals surface area contributed by atoms with E-state index in [1.807, 2.05) is 0 Å². The van der Waals surface area contributed by atoms with E-state index in [2.05, 4.69) is 15.3 Å². The molecule has 2 amide bonds. The first kappa shape index (κ1) is 18.5. The highest BCUT2D eigenvalue weighted by molar-refractivity contribution is 5.93. The average Bonchev–Trinajstić information content (AvgIpc) is 2.46. The number of alkyl carbamates (subject to hydrolysis) is 1. The molecule has 0 radical (unpaired) electrons. The lowest BCUT2D eigenvalue weighted by Crippen LogP contribution is -2.83. The maximum absolute atomic E-state index is 12.5. The first-order chi connectivity index (χ1) is 12.0. The van der Waals surface area contributed by atoms with Crippen molar-refractivity contribution in [3.05, 3.63) is 23.8 Å². The topological polar surface area (TPSA) is 84.4 Å². The predicted octanol–water partition coefficient (Wildman–Crippen LogP) is 2.69. The van der Waals surface area contributed by atoms with Crippen LogP contribution in [-0.2, 0) is 4.74 Å². The quantitative estimate of drug-likeness (QED) is 0.883.